The molecule has 0 aliphatic heterocycles. The van der Waals surface area contributed by atoms with Gasteiger partial charge in [-0.1, -0.05) is 0 Å². The van der Waals surface area contributed by atoms with E-state index in [1.54, 1.807) is 13.8 Å². The molecular weight excluding hydrogens is 372 g/mol. The number of ether oxygens (including phenoxy) is 2. The molecule has 0 spiro atoms. The van der Waals surface area contributed by atoms with E-state index in [0.29, 0.717) is 0 Å². The summed E-state index contributed by atoms with van der Waals surface area (Å²) in [7, 11) is 0. The summed E-state index contributed by atoms with van der Waals surface area (Å²) < 4.78 is 9.80. The van der Waals surface area contributed by atoms with Gasteiger partial charge in [-0.15, -0.1) is 20.4 Å². The number of nitrogens with zero attached hydrogens (tertiary/aromatic N) is 6. The van der Waals surface area contributed by atoms with E-state index in [2.05, 4.69) is 51.4 Å². The Balaban J connectivity index is 1.76. The maximum Gasteiger partial charge on any atom is 0.362 e. The molecule has 0 radical (unpaired) electrons. The number of carbonyl (C=O) groups excluding carboxylic acids is 2. The number of aromatic amines is 2. The molecule has 3 rings (SSSR count). The number of hydrogen-bond donors (Lipinski definition) is 4. The van der Waals surface area contributed by atoms with Crippen LogP contribution in [0.15, 0.2) is 12.4 Å². The third-order valence-corrected chi connectivity index (χ3v) is 3.16. The van der Waals surface area contributed by atoms with Crippen molar-refractivity contribution in [3.8, 4) is 0 Å². The SMILES string of the molecule is CCOC(=O)c1n[nH]nc1Nc1cncc(Nc2n[nH]nc2C(=O)OCC)n1. The van der Waals surface area contributed by atoms with Crippen molar-refractivity contribution in [2.45, 2.75) is 13.8 Å². The average molecular weight is 388 g/mol. The van der Waals surface area contributed by atoms with E-state index < -0.39 is 11.9 Å². The number of carbonyl (C=O) groups is 2. The molecule has 3 aromatic rings. The van der Waals surface area contributed by atoms with Crippen molar-refractivity contribution in [2.24, 2.45) is 0 Å². The summed E-state index contributed by atoms with van der Waals surface area (Å²) in [6.45, 7) is 3.76. The number of hydrogen-bond acceptors (Lipinski definition) is 12. The number of nitrogens with one attached hydrogen (secondary N) is 4. The van der Waals surface area contributed by atoms with Gasteiger partial charge in [-0.05, 0) is 13.8 Å². The van der Waals surface area contributed by atoms with Crippen molar-refractivity contribution in [2.75, 3.05) is 23.8 Å². The molecular formula is C14H16N10O4. The van der Waals surface area contributed by atoms with Crippen LogP contribution < -0.4 is 10.6 Å². The molecule has 14 heteroatoms. The Morgan fingerprint density at radius 2 is 1.32 bits per heavy atom. The van der Waals surface area contributed by atoms with Gasteiger partial charge in [0, 0.05) is 0 Å². The van der Waals surface area contributed by atoms with E-state index in [0.717, 1.165) is 0 Å². The highest BCUT2D eigenvalue weighted by Crippen LogP contribution is 2.19. The van der Waals surface area contributed by atoms with Crippen LogP contribution in [0.3, 0.4) is 0 Å². The zero-order valence-electron chi connectivity index (χ0n) is 14.9. The predicted octanol–water partition coefficient (Wildman–Crippen LogP) is 0.553. The third kappa shape index (κ3) is 4.17. The summed E-state index contributed by atoms with van der Waals surface area (Å²) in [6, 6.07) is 0. The summed E-state index contributed by atoms with van der Waals surface area (Å²) in [5.41, 5.74) is -0.0498. The van der Waals surface area contributed by atoms with Gasteiger partial charge >= 0.3 is 11.9 Å². The summed E-state index contributed by atoms with van der Waals surface area (Å²) >= 11 is 0. The second-order valence-electron chi connectivity index (χ2n) is 5.02. The van der Waals surface area contributed by atoms with Gasteiger partial charge in [0.15, 0.2) is 23.3 Å². The molecule has 14 nitrogen and oxygen atoms in total. The van der Waals surface area contributed by atoms with Crippen LogP contribution >= 0.6 is 0 Å². The summed E-state index contributed by atoms with van der Waals surface area (Å²) in [5.74, 6) is -0.515. The van der Waals surface area contributed by atoms with E-state index in [9.17, 15) is 9.59 Å². The molecule has 146 valence electrons. The molecule has 4 N–H and O–H groups in total. The van der Waals surface area contributed by atoms with Gasteiger partial charge in [-0.25, -0.2) is 14.6 Å². The Bertz CT molecular complexity index is 895. The van der Waals surface area contributed by atoms with Crippen molar-refractivity contribution in [1.82, 2.24) is 40.8 Å². The van der Waals surface area contributed by atoms with Crippen LogP contribution in [0.2, 0.25) is 0 Å². The molecule has 0 aliphatic rings. The monoisotopic (exact) mass is 388 g/mol. The molecule has 0 saturated carbocycles. The Labute approximate surface area is 157 Å². The second-order valence-corrected chi connectivity index (χ2v) is 5.02. The van der Waals surface area contributed by atoms with Gasteiger partial charge in [0.2, 0.25) is 11.4 Å². The summed E-state index contributed by atoms with van der Waals surface area (Å²) in [6.07, 6.45) is 2.81. The first kappa shape index (κ1) is 18.7. The first-order valence-electron chi connectivity index (χ1n) is 8.14. The number of rotatable bonds is 8. The minimum absolute atomic E-state index is 0.0249. The zero-order chi connectivity index (χ0) is 19.9. The van der Waals surface area contributed by atoms with Crippen LogP contribution in [0.5, 0.6) is 0 Å². The molecule has 0 aliphatic carbocycles. The Morgan fingerprint density at radius 3 is 1.75 bits per heavy atom. The number of esters is 2. The molecule has 0 unspecified atom stereocenters. The Morgan fingerprint density at radius 1 is 0.857 bits per heavy atom. The van der Waals surface area contributed by atoms with Crippen LogP contribution in [-0.2, 0) is 9.47 Å². The van der Waals surface area contributed by atoms with Gasteiger partial charge in [-0.2, -0.15) is 10.4 Å². The topological polar surface area (TPSA) is 186 Å². The molecule has 0 bridgehead atoms. The van der Waals surface area contributed by atoms with Crippen molar-refractivity contribution in [3.63, 3.8) is 0 Å². The normalized spacial score (nSPS) is 10.4. The van der Waals surface area contributed by atoms with Crippen LogP contribution in [0.4, 0.5) is 23.3 Å². The smallest absolute Gasteiger partial charge is 0.362 e. The lowest BCUT2D eigenvalue weighted by Crippen LogP contribution is -2.10. The highest BCUT2D eigenvalue weighted by atomic mass is 16.5. The van der Waals surface area contributed by atoms with Gasteiger partial charge < -0.3 is 20.1 Å². The summed E-state index contributed by atoms with van der Waals surface area (Å²) in [4.78, 5) is 32.0. The van der Waals surface area contributed by atoms with Gasteiger partial charge in [0.1, 0.15) is 0 Å². The minimum atomic E-state index is -0.636. The van der Waals surface area contributed by atoms with E-state index in [1.165, 1.54) is 12.4 Å². The third-order valence-electron chi connectivity index (χ3n) is 3.16. The lowest BCUT2D eigenvalue weighted by molar-refractivity contribution is 0.0511. The quantitative estimate of drug-likeness (QED) is 0.393. The van der Waals surface area contributed by atoms with Crippen LogP contribution in [0.25, 0.3) is 0 Å². The maximum atomic E-state index is 11.9. The first-order chi connectivity index (χ1) is 13.6. The van der Waals surface area contributed by atoms with Crippen molar-refractivity contribution in [3.05, 3.63) is 23.8 Å². The van der Waals surface area contributed by atoms with Crippen molar-refractivity contribution < 1.29 is 19.1 Å². The number of anilines is 4. The van der Waals surface area contributed by atoms with Crippen LogP contribution in [-0.4, -0.2) is 65.9 Å². The molecule has 3 aromatic heterocycles. The standard InChI is InChI=1S/C14H16N10O4/c1-3-27-13(25)9-11(21-23-19-9)17-7-5-15-6-8(16-7)18-12-10(20-24-22-12)14(26)28-4-2/h5-6H,3-4H2,1-2H3,(H4,16,17,18,19,20,21,22,23,24). The summed E-state index contributed by atoms with van der Waals surface area (Å²) in [5, 5.41) is 25.5. The van der Waals surface area contributed by atoms with Gasteiger partial charge in [0.05, 0.1) is 25.6 Å². The van der Waals surface area contributed by atoms with E-state index >= 15 is 0 Å². The average Bonchev–Trinajstić information content (AvgIpc) is 3.32. The molecule has 0 saturated heterocycles. The van der Waals surface area contributed by atoms with Gasteiger partial charge in [-0.3, -0.25) is 4.98 Å². The van der Waals surface area contributed by atoms with E-state index in [1.807, 2.05) is 0 Å². The highest BCUT2D eigenvalue weighted by molar-refractivity contribution is 5.93. The number of aromatic nitrogens is 8. The molecule has 0 atom stereocenters. The van der Waals surface area contributed by atoms with E-state index in [4.69, 9.17) is 9.47 Å². The largest absolute Gasteiger partial charge is 0.461 e. The fourth-order valence-corrected chi connectivity index (χ4v) is 2.05. The Kier molecular flexibility index (Phi) is 5.69. The van der Waals surface area contributed by atoms with E-state index in [-0.39, 0.29) is 47.9 Å². The van der Waals surface area contributed by atoms with Crippen LogP contribution in [0, 0.1) is 0 Å². The fourth-order valence-electron chi connectivity index (χ4n) is 2.05. The first-order valence-corrected chi connectivity index (χ1v) is 8.14. The molecule has 0 aromatic carbocycles. The zero-order valence-corrected chi connectivity index (χ0v) is 14.9. The molecule has 0 amide bonds. The lowest BCUT2D eigenvalue weighted by Gasteiger charge is -2.07. The van der Waals surface area contributed by atoms with Crippen molar-refractivity contribution >= 4 is 35.2 Å². The molecule has 0 fully saturated rings. The highest BCUT2D eigenvalue weighted by Gasteiger charge is 2.20. The van der Waals surface area contributed by atoms with Crippen LogP contribution in [0.1, 0.15) is 34.8 Å². The predicted molar refractivity (Wildman–Crippen MR) is 93.3 cm³/mol. The van der Waals surface area contributed by atoms with Gasteiger partial charge in [0.25, 0.3) is 0 Å². The number of H-pyrrole nitrogens is 2. The fraction of sp³-hybridized carbons (Fsp3) is 0.286. The van der Waals surface area contributed by atoms with Crippen molar-refractivity contribution in [1.29, 1.82) is 0 Å². The molecule has 3 heterocycles. The minimum Gasteiger partial charge on any atom is -0.461 e. The maximum absolute atomic E-state index is 11.9. The lowest BCUT2D eigenvalue weighted by atomic mass is 10.4. The Hall–Kier alpha value is -4.10. The molecule has 28 heavy (non-hydrogen) atoms. The second kappa shape index (κ2) is 8.52.